The molecule has 0 nitrogen and oxygen atoms in total. The van der Waals surface area contributed by atoms with Crippen LogP contribution < -0.4 is 0 Å². The van der Waals surface area contributed by atoms with E-state index in [9.17, 15) is 0 Å². The zero-order valence-corrected chi connectivity index (χ0v) is 9.98. The van der Waals surface area contributed by atoms with E-state index in [1.54, 1.807) is 0 Å². The fraction of sp³-hybridized carbons (Fsp3) is 1.00. The summed E-state index contributed by atoms with van der Waals surface area (Å²) in [6.07, 6.45) is 5.90. The molecule has 0 spiro atoms. The maximum atomic E-state index is 2.38. The minimum absolute atomic E-state index is 0. The maximum Gasteiger partial charge on any atom is -0.0417 e. The van der Waals surface area contributed by atoms with Crippen molar-refractivity contribution < 1.29 is 0 Å². The second-order valence-corrected chi connectivity index (χ2v) is 3.24. The van der Waals surface area contributed by atoms with Gasteiger partial charge in [-0.1, -0.05) is 74.7 Å². The van der Waals surface area contributed by atoms with Gasteiger partial charge in [-0.15, -0.1) is 0 Å². The molecule has 1 rings (SSSR count). The smallest absolute Gasteiger partial charge is 0.0417 e. The molecule has 0 aromatic carbocycles. The Balaban J connectivity index is -0.000000178. The predicted octanol–water partition coefficient (Wildman–Crippen LogP) is 5.52. The Morgan fingerprint density at radius 3 is 1.08 bits per heavy atom. The Morgan fingerprint density at radius 1 is 0.692 bits per heavy atom. The molecular weight excluding hydrogens is 156 g/mol. The number of hydrogen-bond acceptors (Lipinski definition) is 0. The van der Waals surface area contributed by atoms with Crippen molar-refractivity contribution in [3.8, 4) is 0 Å². The first-order valence-corrected chi connectivity index (χ1v) is 5.80. The molecule has 0 N–H and O–H groups in total. The summed E-state index contributed by atoms with van der Waals surface area (Å²) in [4.78, 5) is 0. The van der Waals surface area contributed by atoms with Crippen LogP contribution in [0.15, 0.2) is 0 Å². The van der Waals surface area contributed by atoms with Crippen LogP contribution in [0.25, 0.3) is 0 Å². The van der Waals surface area contributed by atoms with Crippen LogP contribution in [-0.2, 0) is 0 Å². The Morgan fingerprint density at radius 2 is 0.923 bits per heavy atom. The predicted molar refractivity (Wildman–Crippen MR) is 66.2 cm³/mol. The molecule has 0 aromatic heterocycles. The largest absolute Gasteiger partial charge is 0.0776 e. The average Bonchev–Trinajstić information content (AvgIpc) is 2.17. The SMILES string of the molecule is C.CC.CC.CC1CCCCC1C. The van der Waals surface area contributed by atoms with E-state index in [4.69, 9.17) is 0 Å². The first-order chi connectivity index (χ1) is 5.80. The summed E-state index contributed by atoms with van der Waals surface area (Å²) in [6.45, 7) is 12.8. The molecule has 0 radical (unpaired) electrons. The highest BCUT2D eigenvalue weighted by molar-refractivity contribution is 4.67. The van der Waals surface area contributed by atoms with Gasteiger partial charge >= 0.3 is 0 Å². The molecule has 0 heteroatoms. The Hall–Kier alpha value is 0. The lowest BCUT2D eigenvalue weighted by Crippen LogP contribution is -2.12. The lowest BCUT2D eigenvalue weighted by molar-refractivity contribution is 0.277. The molecule has 2 atom stereocenters. The average molecular weight is 188 g/mol. The lowest BCUT2D eigenvalue weighted by atomic mass is 9.82. The summed E-state index contributed by atoms with van der Waals surface area (Å²) in [5.41, 5.74) is 0. The van der Waals surface area contributed by atoms with Gasteiger partial charge in [0.05, 0.1) is 0 Å². The van der Waals surface area contributed by atoms with Crippen LogP contribution in [-0.4, -0.2) is 0 Å². The van der Waals surface area contributed by atoms with Gasteiger partial charge in [0.25, 0.3) is 0 Å². The summed E-state index contributed by atoms with van der Waals surface area (Å²) in [7, 11) is 0. The van der Waals surface area contributed by atoms with Crippen LogP contribution >= 0.6 is 0 Å². The summed E-state index contributed by atoms with van der Waals surface area (Å²) in [5.74, 6) is 2.01. The quantitative estimate of drug-likeness (QED) is 0.469. The molecule has 0 heterocycles. The van der Waals surface area contributed by atoms with Crippen molar-refractivity contribution in [2.45, 2.75) is 74.7 Å². The maximum absolute atomic E-state index is 2.38. The lowest BCUT2D eigenvalue weighted by Gasteiger charge is -2.24. The van der Waals surface area contributed by atoms with Crippen molar-refractivity contribution in [2.24, 2.45) is 11.8 Å². The zero-order chi connectivity index (χ0) is 9.98. The zero-order valence-electron chi connectivity index (χ0n) is 9.98. The van der Waals surface area contributed by atoms with Gasteiger partial charge in [-0.3, -0.25) is 0 Å². The molecule has 13 heavy (non-hydrogen) atoms. The fourth-order valence-corrected chi connectivity index (χ4v) is 1.50. The van der Waals surface area contributed by atoms with Crippen LogP contribution in [0, 0.1) is 11.8 Å². The Labute approximate surface area is 87.1 Å². The summed E-state index contributed by atoms with van der Waals surface area (Å²) >= 11 is 0. The monoisotopic (exact) mass is 188 g/mol. The minimum atomic E-state index is 0. The van der Waals surface area contributed by atoms with Gasteiger partial charge in [-0.2, -0.15) is 0 Å². The summed E-state index contributed by atoms with van der Waals surface area (Å²) in [5, 5.41) is 0. The summed E-state index contributed by atoms with van der Waals surface area (Å²) in [6, 6.07) is 0. The van der Waals surface area contributed by atoms with Gasteiger partial charge in [0.1, 0.15) is 0 Å². The molecule has 0 saturated heterocycles. The highest BCUT2D eigenvalue weighted by atomic mass is 14.2. The van der Waals surface area contributed by atoms with Crippen molar-refractivity contribution in [1.82, 2.24) is 0 Å². The Bertz CT molecular complexity index is 56.4. The standard InChI is InChI=1S/C8H16.2C2H6.CH4/c1-7-5-3-4-6-8(7)2;2*1-2;/h7-8H,3-6H2,1-2H3;2*1-2H3;1H4. The van der Waals surface area contributed by atoms with Gasteiger partial charge in [-0.25, -0.2) is 0 Å². The first-order valence-electron chi connectivity index (χ1n) is 5.80. The molecule has 0 bridgehead atoms. The second kappa shape index (κ2) is 14.5. The third-order valence-corrected chi connectivity index (χ3v) is 2.54. The van der Waals surface area contributed by atoms with Gasteiger partial charge < -0.3 is 0 Å². The summed E-state index contributed by atoms with van der Waals surface area (Å²) < 4.78 is 0. The van der Waals surface area contributed by atoms with Crippen LogP contribution in [0.5, 0.6) is 0 Å². The minimum Gasteiger partial charge on any atom is -0.0776 e. The number of hydrogen-bond donors (Lipinski definition) is 0. The van der Waals surface area contributed by atoms with Crippen molar-refractivity contribution in [3.63, 3.8) is 0 Å². The molecule has 1 aliphatic rings. The molecule has 2 unspecified atom stereocenters. The van der Waals surface area contributed by atoms with Crippen molar-refractivity contribution in [1.29, 1.82) is 0 Å². The third kappa shape index (κ3) is 9.92. The van der Waals surface area contributed by atoms with E-state index in [2.05, 4.69) is 13.8 Å². The molecule has 0 aromatic rings. The van der Waals surface area contributed by atoms with Crippen LogP contribution in [0.3, 0.4) is 0 Å². The normalized spacial score (nSPS) is 25.4. The molecular formula is C13H32. The van der Waals surface area contributed by atoms with E-state index in [-0.39, 0.29) is 7.43 Å². The van der Waals surface area contributed by atoms with E-state index < -0.39 is 0 Å². The van der Waals surface area contributed by atoms with Gasteiger partial charge in [-0.05, 0) is 11.8 Å². The molecule has 0 aliphatic heterocycles. The van der Waals surface area contributed by atoms with Gasteiger partial charge in [0.15, 0.2) is 0 Å². The van der Waals surface area contributed by atoms with E-state index in [1.165, 1.54) is 25.7 Å². The Kier molecular flexibility index (Phi) is 20.9. The number of rotatable bonds is 0. The highest BCUT2D eigenvalue weighted by Crippen LogP contribution is 2.28. The van der Waals surface area contributed by atoms with E-state index >= 15 is 0 Å². The van der Waals surface area contributed by atoms with E-state index in [1.807, 2.05) is 27.7 Å². The molecule has 1 fully saturated rings. The molecule has 1 saturated carbocycles. The topological polar surface area (TPSA) is 0 Å². The molecule has 1 aliphatic carbocycles. The highest BCUT2D eigenvalue weighted by Gasteiger charge is 2.15. The van der Waals surface area contributed by atoms with Crippen LogP contribution in [0.1, 0.15) is 74.7 Å². The molecule has 84 valence electrons. The van der Waals surface area contributed by atoms with Crippen molar-refractivity contribution >= 4 is 0 Å². The van der Waals surface area contributed by atoms with Crippen LogP contribution in [0.2, 0.25) is 0 Å². The van der Waals surface area contributed by atoms with E-state index in [0.717, 1.165) is 11.8 Å². The van der Waals surface area contributed by atoms with Gasteiger partial charge in [0, 0.05) is 0 Å². The van der Waals surface area contributed by atoms with E-state index in [0.29, 0.717) is 0 Å². The van der Waals surface area contributed by atoms with Gasteiger partial charge in [0.2, 0.25) is 0 Å². The fourth-order valence-electron chi connectivity index (χ4n) is 1.50. The van der Waals surface area contributed by atoms with Crippen molar-refractivity contribution in [2.75, 3.05) is 0 Å². The van der Waals surface area contributed by atoms with Crippen LogP contribution in [0.4, 0.5) is 0 Å². The third-order valence-electron chi connectivity index (χ3n) is 2.54. The molecule has 0 amide bonds. The second-order valence-electron chi connectivity index (χ2n) is 3.24. The first kappa shape index (κ1) is 18.7. The van der Waals surface area contributed by atoms with Crippen molar-refractivity contribution in [3.05, 3.63) is 0 Å².